The number of nitrogens with one attached hydrogen (secondary N) is 1. The third-order valence-corrected chi connectivity index (χ3v) is 4.65. The number of carboxylic acid groups (broad SMARTS) is 1. The second-order valence-corrected chi connectivity index (χ2v) is 6.75. The lowest BCUT2D eigenvalue weighted by Gasteiger charge is -2.03. The zero-order valence-corrected chi connectivity index (χ0v) is 14.3. The van der Waals surface area contributed by atoms with Crippen molar-refractivity contribution in [1.29, 1.82) is 0 Å². The second-order valence-electron chi connectivity index (χ2n) is 4.57. The third kappa shape index (κ3) is 4.97. The molecule has 0 atom stereocenters. The van der Waals surface area contributed by atoms with Gasteiger partial charge in [0.15, 0.2) is 5.13 Å². The summed E-state index contributed by atoms with van der Waals surface area (Å²) in [6, 6.07) is 7.51. The van der Waals surface area contributed by atoms with E-state index in [-0.39, 0.29) is 17.4 Å². The van der Waals surface area contributed by atoms with Gasteiger partial charge in [-0.3, -0.25) is 4.79 Å². The van der Waals surface area contributed by atoms with Crippen molar-refractivity contribution < 1.29 is 19.4 Å². The number of benzene rings is 1. The van der Waals surface area contributed by atoms with E-state index in [1.54, 1.807) is 7.11 Å². The van der Waals surface area contributed by atoms with Gasteiger partial charge in [0.25, 0.3) is 0 Å². The molecule has 0 unspecified atom stereocenters. The number of aryl methyl sites for hydroxylation is 1. The van der Waals surface area contributed by atoms with E-state index in [4.69, 9.17) is 4.74 Å². The largest absolute Gasteiger partial charge is 0.549 e. The van der Waals surface area contributed by atoms with Crippen LogP contribution in [0.3, 0.4) is 0 Å². The van der Waals surface area contributed by atoms with E-state index in [0.29, 0.717) is 5.13 Å². The molecule has 0 saturated carbocycles. The monoisotopic (exact) mass is 351 g/mol. The predicted octanol–water partition coefficient (Wildman–Crippen LogP) is 1.55. The summed E-state index contributed by atoms with van der Waals surface area (Å²) in [4.78, 5) is 27.5. The standard InChI is InChI=1S/C15H16N2O4S2/c1-9-14(10-3-5-11(21-2)6-4-10)17-15(23-9)16-12(18)7-22-8-13(19)20/h3-6H,7-8H2,1-2H3,(H,19,20)(H,16,17,18)/p-1. The summed E-state index contributed by atoms with van der Waals surface area (Å²) in [6.45, 7) is 1.93. The van der Waals surface area contributed by atoms with Gasteiger partial charge in [-0.1, -0.05) is 0 Å². The van der Waals surface area contributed by atoms with Crippen molar-refractivity contribution in [2.75, 3.05) is 23.9 Å². The average molecular weight is 351 g/mol. The zero-order chi connectivity index (χ0) is 16.8. The number of thioether (sulfide) groups is 1. The highest BCUT2D eigenvalue weighted by atomic mass is 32.2. The van der Waals surface area contributed by atoms with Crippen LogP contribution in [0.15, 0.2) is 24.3 Å². The van der Waals surface area contributed by atoms with Gasteiger partial charge in [-0.05, 0) is 31.2 Å². The van der Waals surface area contributed by atoms with E-state index in [1.165, 1.54) is 11.3 Å². The van der Waals surface area contributed by atoms with Crippen LogP contribution in [0.4, 0.5) is 5.13 Å². The Hall–Kier alpha value is -2.06. The summed E-state index contributed by atoms with van der Waals surface area (Å²) >= 11 is 2.36. The molecule has 1 aromatic heterocycles. The second kappa shape index (κ2) is 7.98. The lowest BCUT2D eigenvalue weighted by atomic mass is 10.1. The van der Waals surface area contributed by atoms with Gasteiger partial charge in [0.1, 0.15) is 5.75 Å². The number of rotatable bonds is 7. The fourth-order valence-electron chi connectivity index (χ4n) is 1.85. The van der Waals surface area contributed by atoms with Crippen LogP contribution < -0.4 is 15.2 Å². The zero-order valence-electron chi connectivity index (χ0n) is 12.6. The Kier molecular flexibility index (Phi) is 6.00. The van der Waals surface area contributed by atoms with E-state index in [2.05, 4.69) is 10.3 Å². The first-order valence-electron chi connectivity index (χ1n) is 6.69. The van der Waals surface area contributed by atoms with Gasteiger partial charge in [-0.2, -0.15) is 0 Å². The van der Waals surface area contributed by atoms with Gasteiger partial charge in [0.2, 0.25) is 5.91 Å². The maximum absolute atomic E-state index is 11.7. The minimum absolute atomic E-state index is 0.0461. The van der Waals surface area contributed by atoms with Crippen LogP contribution in [-0.2, 0) is 9.59 Å². The Labute approximate surface area is 141 Å². The average Bonchev–Trinajstić information content (AvgIpc) is 2.87. The molecule has 2 rings (SSSR count). The molecular weight excluding hydrogens is 336 g/mol. The van der Waals surface area contributed by atoms with Gasteiger partial charge in [0.05, 0.1) is 24.5 Å². The number of ether oxygens (including phenoxy) is 1. The maximum atomic E-state index is 11.7. The number of aromatic nitrogens is 1. The minimum Gasteiger partial charge on any atom is -0.549 e. The molecule has 0 aliphatic carbocycles. The molecule has 8 heteroatoms. The van der Waals surface area contributed by atoms with Crippen molar-refractivity contribution >= 4 is 40.1 Å². The molecule has 0 aliphatic heterocycles. The number of carbonyl (C=O) groups is 2. The first-order chi connectivity index (χ1) is 11.0. The molecule has 2 aromatic rings. The molecule has 122 valence electrons. The first-order valence-corrected chi connectivity index (χ1v) is 8.66. The van der Waals surface area contributed by atoms with Gasteiger partial charge in [-0.25, -0.2) is 4.98 Å². The number of aliphatic carboxylic acids is 1. The highest BCUT2D eigenvalue weighted by Crippen LogP contribution is 2.31. The molecule has 1 heterocycles. The summed E-state index contributed by atoms with van der Waals surface area (Å²) in [7, 11) is 1.61. The van der Waals surface area contributed by atoms with Crippen molar-refractivity contribution in [2.45, 2.75) is 6.92 Å². The summed E-state index contributed by atoms with van der Waals surface area (Å²) in [5.74, 6) is -0.868. The number of methoxy groups -OCH3 is 1. The van der Waals surface area contributed by atoms with E-state index < -0.39 is 5.97 Å². The molecule has 0 spiro atoms. The highest BCUT2D eigenvalue weighted by Gasteiger charge is 2.12. The van der Waals surface area contributed by atoms with Gasteiger partial charge in [-0.15, -0.1) is 23.1 Å². The fourth-order valence-corrected chi connectivity index (χ4v) is 3.23. The van der Waals surface area contributed by atoms with Crippen LogP contribution in [0, 0.1) is 6.92 Å². The number of nitrogens with zero attached hydrogens (tertiary/aromatic N) is 1. The van der Waals surface area contributed by atoms with Crippen molar-refractivity contribution in [3.8, 4) is 17.0 Å². The molecule has 1 N–H and O–H groups in total. The molecule has 0 radical (unpaired) electrons. The molecule has 0 fully saturated rings. The maximum Gasteiger partial charge on any atom is 0.236 e. The Morgan fingerprint density at radius 3 is 2.61 bits per heavy atom. The van der Waals surface area contributed by atoms with Gasteiger partial charge >= 0.3 is 0 Å². The summed E-state index contributed by atoms with van der Waals surface area (Å²) in [6.07, 6.45) is 0. The Balaban J connectivity index is 2.02. The van der Waals surface area contributed by atoms with Crippen LogP contribution in [0.1, 0.15) is 4.88 Å². The fraction of sp³-hybridized carbons (Fsp3) is 0.267. The van der Waals surface area contributed by atoms with Gasteiger partial charge < -0.3 is 20.0 Å². The lowest BCUT2D eigenvalue weighted by molar-refractivity contribution is -0.301. The predicted molar refractivity (Wildman–Crippen MR) is 89.8 cm³/mol. The molecule has 0 saturated heterocycles. The van der Waals surface area contributed by atoms with E-state index >= 15 is 0 Å². The molecule has 1 aromatic carbocycles. The van der Waals surface area contributed by atoms with Crippen LogP contribution in [0.25, 0.3) is 11.3 Å². The SMILES string of the molecule is COc1ccc(-c2nc(NC(=O)CSCC(=O)[O-])sc2C)cc1. The van der Waals surface area contributed by atoms with Gasteiger partial charge in [0, 0.05) is 16.2 Å². The summed E-state index contributed by atoms with van der Waals surface area (Å²) in [5, 5.41) is 13.5. The lowest BCUT2D eigenvalue weighted by Crippen LogP contribution is -2.25. The summed E-state index contributed by atoms with van der Waals surface area (Å²) in [5.41, 5.74) is 1.74. The minimum atomic E-state index is -1.19. The number of anilines is 1. The van der Waals surface area contributed by atoms with Crippen LogP contribution in [0.2, 0.25) is 0 Å². The number of hydrogen-bond donors (Lipinski definition) is 1. The third-order valence-electron chi connectivity index (χ3n) is 2.86. The Morgan fingerprint density at radius 2 is 2.00 bits per heavy atom. The Bertz CT molecular complexity index is 698. The molecule has 1 amide bonds. The van der Waals surface area contributed by atoms with Crippen molar-refractivity contribution in [3.63, 3.8) is 0 Å². The summed E-state index contributed by atoms with van der Waals surface area (Å²) < 4.78 is 5.12. The van der Waals surface area contributed by atoms with Crippen molar-refractivity contribution in [3.05, 3.63) is 29.1 Å². The number of carbonyl (C=O) groups excluding carboxylic acids is 2. The number of carboxylic acids is 1. The van der Waals surface area contributed by atoms with Crippen molar-refractivity contribution in [2.24, 2.45) is 0 Å². The normalized spacial score (nSPS) is 10.3. The molecular formula is C15H15N2O4S2-. The number of thiazole rings is 1. The smallest absolute Gasteiger partial charge is 0.236 e. The van der Waals surface area contributed by atoms with E-state index in [0.717, 1.165) is 33.6 Å². The van der Waals surface area contributed by atoms with Crippen molar-refractivity contribution in [1.82, 2.24) is 4.98 Å². The number of amides is 1. The first kappa shape index (κ1) is 17.3. The molecule has 6 nitrogen and oxygen atoms in total. The van der Waals surface area contributed by atoms with Crippen LogP contribution in [0.5, 0.6) is 5.75 Å². The molecule has 0 aliphatic rings. The highest BCUT2D eigenvalue weighted by molar-refractivity contribution is 8.00. The quantitative estimate of drug-likeness (QED) is 0.814. The van der Waals surface area contributed by atoms with E-state index in [1.807, 2.05) is 31.2 Å². The topological polar surface area (TPSA) is 91.3 Å². The Morgan fingerprint density at radius 1 is 1.30 bits per heavy atom. The van der Waals surface area contributed by atoms with Crippen LogP contribution >= 0.6 is 23.1 Å². The number of hydrogen-bond acceptors (Lipinski definition) is 7. The van der Waals surface area contributed by atoms with E-state index in [9.17, 15) is 14.7 Å². The molecule has 0 bridgehead atoms. The van der Waals surface area contributed by atoms with Crippen LogP contribution in [-0.4, -0.2) is 35.5 Å². The molecule has 23 heavy (non-hydrogen) atoms.